The molecule has 1 aromatic heterocycles. The van der Waals surface area contributed by atoms with E-state index in [4.69, 9.17) is 9.73 Å². The largest absolute Gasteiger partial charge is 0.376 e. The Balaban J connectivity index is 1.85. The third-order valence-corrected chi connectivity index (χ3v) is 4.69. The SMILES string of the molecule is CCc1nncn1CCNC(=NCC1CCCO1)NC(C)CCC(C)C. The predicted octanol–water partition coefficient (Wildman–Crippen LogP) is 2.38. The Hall–Kier alpha value is -1.63. The van der Waals surface area contributed by atoms with Crippen molar-refractivity contribution in [1.82, 2.24) is 25.4 Å². The standard InChI is InChI=1S/C19H36N6O/c1-5-18-24-22-14-25(18)11-10-20-19(21-13-17-7-6-12-26-17)23-16(4)9-8-15(2)3/h14-17H,5-13H2,1-4H3,(H2,20,21,23). The van der Waals surface area contributed by atoms with Crippen LogP contribution in [0.4, 0.5) is 0 Å². The van der Waals surface area contributed by atoms with Crippen molar-refractivity contribution in [3.05, 3.63) is 12.2 Å². The van der Waals surface area contributed by atoms with E-state index in [1.54, 1.807) is 6.33 Å². The number of hydrogen-bond donors (Lipinski definition) is 2. The van der Waals surface area contributed by atoms with Gasteiger partial charge in [-0.2, -0.15) is 0 Å². The van der Waals surface area contributed by atoms with Crippen molar-refractivity contribution in [2.24, 2.45) is 10.9 Å². The van der Waals surface area contributed by atoms with Gasteiger partial charge in [-0.15, -0.1) is 10.2 Å². The number of aliphatic imine (C=N–C) groups is 1. The van der Waals surface area contributed by atoms with Crippen molar-refractivity contribution < 1.29 is 4.74 Å². The van der Waals surface area contributed by atoms with Crippen LogP contribution < -0.4 is 10.6 Å². The molecule has 1 aromatic rings. The molecule has 0 radical (unpaired) electrons. The van der Waals surface area contributed by atoms with Crippen molar-refractivity contribution in [3.63, 3.8) is 0 Å². The minimum Gasteiger partial charge on any atom is -0.376 e. The molecule has 1 fully saturated rings. The maximum Gasteiger partial charge on any atom is 0.191 e. The van der Waals surface area contributed by atoms with Gasteiger partial charge in [-0.3, -0.25) is 4.99 Å². The van der Waals surface area contributed by atoms with Gasteiger partial charge in [0.15, 0.2) is 5.96 Å². The number of nitrogens with one attached hydrogen (secondary N) is 2. The molecule has 0 saturated carbocycles. The lowest BCUT2D eigenvalue weighted by atomic mass is 10.0. The van der Waals surface area contributed by atoms with Crippen LogP contribution in [0.25, 0.3) is 0 Å². The van der Waals surface area contributed by atoms with E-state index in [1.807, 2.05) is 0 Å². The van der Waals surface area contributed by atoms with Gasteiger partial charge in [0.2, 0.25) is 0 Å². The van der Waals surface area contributed by atoms with Crippen LogP contribution in [0.5, 0.6) is 0 Å². The van der Waals surface area contributed by atoms with Gasteiger partial charge in [-0.05, 0) is 38.5 Å². The van der Waals surface area contributed by atoms with Crippen LogP contribution in [0.15, 0.2) is 11.3 Å². The Bertz CT molecular complexity index is 536. The van der Waals surface area contributed by atoms with Gasteiger partial charge in [-0.25, -0.2) is 0 Å². The first-order valence-corrected chi connectivity index (χ1v) is 10.1. The summed E-state index contributed by atoms with van der Waals surface area (Å²) < 4.78 is 7.79. The fraction of sp³-hybridized carbons (Fsp3) is 0.842. The predicted molar refractivity (Wildman–Crippen MR) is 105 cm³/mol. The fourth-order valence-corrected chi connectivity index (χ4v) is 3.06. The zero-order valence-electron chi connectivity index (χ0n) is 16.9. The Morgan fingerprint density at radius 1 is 1.38 bits per heavy atom. The molecule has 2 N–H and O–H groups in total. The molecule has 26 heavy (non-hydrogen) atoms. The molecular formula is C19H36N6O. The highest BCUT2D eigenvalue weighted by Gasteiger charge is 2.15. The van der Waals surface area contributed by atoms with E-state index < -0.39 is 0 Å². The summed E-state index contributed by atoms with van der Waals surface area (Å²) in [6.07, 6.45) is 7.57. The third kappa shape index (κ3) is 7.32. The van der Waals surface area contributed by atoms with Crippen molar-refractivity contribution >= 4 is 5.96 Å². The zero-order chi connectivity index (χ0) is 18.8. The molecule has 2 heterocycles. The molecule has 0 aromatic carbocycles. The van der Waals surface area contributed by atoms with Crippen LogP contribution >= 0.6 is 0 Å². The second-order valence-electron chi connectivity index (χ2n) is 7.56. The van der Waals surface area contributed by atoms with Crippen LogP contribution in [-0.2, 0) is 17.7 Å². The highest BCUT2D eigenvalue weighted by atomic mass is 16.5. The number of aryl methyl sites for hydroxylation is 1. The monoisotopic (exact) mass is 364 g/mol. The van der Waals surface area contributed by atoms with Crippen LogP contribution in [-0.4, -0.2) is 52.6 Å². The van der Waals surface area contributed by atoms with Crippen molar-refractivity contribution in [3.8, 4) is 0 Å². The normalized spacial score (nSPS) is 19.1. The summed E-state index contributed by atoms with van der Waals surface area (Å²) in [5, 5.41) is 15.1. The van der Waals surface area contributed by atoms with Gasteiger partial charge >= 0.3 is 0 Å². The van der Waals surface area contributed by atoms with Crippen molar-refractivity contribution in [2.45, 2.75) is 78.5 Å². The molecule has 7 nitrogen and oxygen atoms in total. The smallest absolute Gasteiger partial charge is 0.191 e. The maximum absolute atomic E-state index is 5.70. The molecular weight excluding hydrogens is 328 g/mol. The summed E-state index contributed by atoms with van der Waals surface area (Å²) in [7, 11) is 0. The summed E-state index contributed by atoms with van der Waals surface area (Å²) in [5.74, 6) is 2.62. The average Bonchev–Trinajstić information content (AvgIpc) is 3.29. The summed E-state index contributed by atoms with van der Waals surface area (Å²) in [6, 6.07) is 0.397. The molecule has 7 heteroatoms. The lowest BCUT2D eigenvalue weighted by Crippen LogP contribution is -2.44. The van der Waals surface area contributed by atoms with E-state index in [1.165, 1.54) is 6.42 Å². The van der Waals surface area contributed by atoms with Crippen molar-refractivity contribution in [2.75, 3.05) is 19.7 Å². The molecule has 1 aliphatic rings. The number of aromatic nitrogens is 3. The minimum absolute atomic E-state index is 0.268. The number of rotatable bonds is 10. The van der Waals surface area contributed by atoms with Gasteiger partial charge in [0, 0.05) is 32.2 Å². The molecule has 2 unspecified atom stereocenters. The van der Waals surface area contributed by atoms with E-state index in [9.17, 15) is 0 Å². The molecule has 148 valence electrons. The molecule has 0 aliphatic carbocycles. The van der Waals surface area contributed by atoms with E-state index in [0.717, 1.165) is 69.6 Å². The number of nitrogens with zero attached hydrogens (tertiary/aromatic N) is 4. The molecule has 1 saturated heterocycles. The molecule has 1 aliphatic heterocycles. The highest BCUT2D eigenvalue weighted by molar-refractivity contribution is 5.80. The van der Waals surface area contributed by atoms with E-state index in [-0.39, 0.29) is 6.10 Å². The van der Waals surface area contributed by atoms with Gasteiger partial charge in [0.1, 0.15) is 12.2 Å². The van der Waals surface area contributed by atoms with Gasteiger partial charge in [0.25, 0.3) is 0 Å². The zero-order valence-corrected chi connectivity index (χ0v) is 16.9. The molecule has 0 spiro atoms. The van der Waals surface area contributed by atoms with E-state index >= 15 is 0 Å². The first kappa shape index (κ1) is 20.7. The van der Waals surface area contributed by atoms with Gasteiger partial charge in [0.05, 0.1) is 12.6 Å². The Morgan fingerprint density at radius 3 is 2.92 bits per heavy atom. The molecule has 0 amide bonds. The van der Waals surface area contributed by atoms with Crippen LogP contribution in [0, 0.1) is 5.92 Å². The molecule has 2 rings (SSSR count). The molecule has 2 atom stereocenters. The second kappa shape index (κ2) is 11.2. The first-order valence-electron chi connectivity index (χ1n) is 10.1. The third-order valence-electron chi connectivity index (χ3n) is 4.69. The quantitative estimate of drug-likeness (QED) is 0.492. The summed E-state index contributed by atoms with van der Waals surface area (Å²) >= 11 is 0. The first-order chi connectivity index (χ1) is 12.6. The highest BCUT2D eigenvalue weighted by Crippen LogP contribution is 2.12. The Morgan fingerprint density at radius 2 is 2.23 bits per heavy atom. The van der Waals surface area contributed by atoms with Crippen LogP contribution in [0.2, 0.25) is 0 Å². The summed E-state index contributed by atoms with van der Waals surface area (Å²) in [6.45, 7) is 12.1. The van der Waals surface area contributed by atoms with Gasteiger partial charge < -0.3 is 19.9 Å². The Labute approximate surface area is 158 Å². The van der Waals surface area contributed by atoms with Gasteiger partial charge in [-0.1, -0.05) is 20.8 Å². The Kier molecular flexibility index (Phi) is 8.88. The summed E-state index contributed by atoms with van der Waals surface area (Å²) in [4.78, 5) is 4.76. The number of hydrogen-bond acceptors (Lipinski definition) is 4. The van der Waals surface area contributed by atoms with Crippen LogP contribution in [0.1, 0.15) is 59.2 Å². The average molecular weight is 365 g/mol. The lowest BCUT2D eigenvalue weighted by Gasteiger charge is -2.20. The molecule has 0 bridgehead atoms. The summed E-state index contributed by atoms with van der Waals surface area (Å²) in [5.41, 5.74) is 0. The minimum atomic E-state index is 0.268. The van der Waals surface area contributed by atoms with Crippen molar-refractivity contribution in [1.29, 1.82) is 0 Å². The van der Waals surface area contributed by atoms with Crippen LogP contribution in [0.3, 0.4) is 0 Å². The fourth-order valence-electron chi connectivity index (χ4n) is 3.06. The number of guanidine groups is 1. The maximum atomic E-state index is 5.70. The van der Waals surface area contributed by atoms with E-state index in [2.05, 4.69) is 53.1 Å². The van der Waals surface area contributed by atoms with E-state index in [0.29, 0.717) is 6.04 Å². The lowest BCUT2D eigenvalue weighted by molar-refractivity contribution is 0.117. The second-order valence-corrected chi connectivity index (χ2v) is 7.56. The number of ether oxygens (including phenoxy) is 1. The topological polar surface area (TPSA) is 76.4 Å².